The third-order valence-corrected chi connectivity index (χ3v) is 1.76. The van der Waals surface area contributed by atoms with Crippen molar-refractivity contribution in [3.63, 3.8) is 0 Å². The highest BCUT2D eigenvalue weighted by Crippen LogP contribution is 2.23. The Morgan fingerprint density at radius 1 is 1.60 bits per heavy atom. The average Bonchev–Trinajstić information content (AvgIpc) is 1.87. The van der Waals surface area contributed by atoms with Gasteiger partial charge in [0.25, 0.3) is 0 Å². The van der Waals surface area contributed by atoms with Crippen molar-refractivity contribution in [1.29, 1.82) is 0 Å². The maximum absolute atomic E-state index is 10.8. The van der Waals surface area contributed by atoms with Crippen LogP contribution in [0.15, 0.2) is 0 Å². The zero-order valence-corrected chi connectivity index (χ0v) is 6.90. The maximum Gasteiger partial charge on any atom is 0.234 e. The maximum atomic E-state index is 10.8. The Morgan fingerprint density at radius 2 is 2.10 bits per heavy atom. The van der Waals surface area contributed by atoms with Gasteiger partial charge in [-0.2, -0.15) is 0 Å². The quantitative estimate of drug-likeness (QED) is 0.350. The van der Waals surface area contributed by atoms with E-state index in [0.717, 1.165) is 6.42 Å². The van der Waals surface area contributed by atoms with E-state index in [2.05, 4.69) is 12.3 Å². The number of hydrogen-bond acceptors (Lipinski definition) is 2. The van der Waals surface area contributed by atoms with E-state index in [-0.39, 0.29) is 11.3 Å². The molecular weight excluding hydrogens is 128 g/mol. The Bertz CT molecular complexity index is 121. The molecule has 0 fully saturated rings. The van der Waals surface area contributed by atoms with Crippen molar-refractivity contribution in [2.75, 3.05) is 0 Å². The number of hydrazine groups is 1. The molecule has 0 aromatic heterocycles. The Kier molecular flexibility index (Phi) is 3.36. The summed E-state index contributed by atoms with van der Waals surface area (Å²) in [6, 6.07) is 0. The largest absolute Gasteiger partial charge is 0.294 e. The van der Waals surface area contributed by atoms with Crippen LogP contribution in [0.3, 0.4) is 0 Å². The van der Waals surface area contributed by atoms with Crippen molar-refractivity contribution in [2.45, 2.75) is 33.6 Å². The van der Waals surface area contributed by atoms with Gasteiger partial charge < -0.3 is 0 Å². The monoisotopic (exact) mass is 144 g/mol. The molecule has 0 saturated carbocycles. The lowest BCUT2D eigenvalue weighted by molar-refractivity contribution is -0.123. The molecule has 0 radical (unpaired) electrons. The summed E-state index contributed by atoms with van der Waals surface area (Å²) in [5.74, 6) is 4.84. The van der Waals surface area contributed by atoms with E-state index in [4.69, 9.17) is 5.84 Å². The zero-order chi connectivity index (χ0) is 8.20. The van der Waals surface area contributed by atoms with Crippen LogP contribution in [-0.4, -0.2) is 5.91 Å². The van der Waals surface area contributed by atoms with Crippen molar-refractivity contribution in [1.82, 2.24) is 5.43 Å². The first-order valence-electron chi connectivity index (χ1n) is 3.51. The summed E-state index contributed by atoms with van der Waals surface area (Å²) >= 11 is 0. The van der Waals surface area contributed by atoms with Crippen LogP contribution in [0.5, 0.6) is 0 Å². The molecule has 0 bridgehead atoms. The van der Waals surface area contributed by atoms with E-state index in [0.29, 0.717) is 6.42 Å². The molecule has 0 atom stereocenters. The third kappa shape index (κ3) is 3.45. The molecule has 1 amide bonds. The Hall–Kier alpha value is -0.570. The predicted molar refractivity (Wildman–Crippen MR) is 41.0 cm³/mol. The Balaban J connectivity index is 3.76. The fourth-order valence-corrected chi connectivity index (χ4v) is 0.611. The second kappa shape index (κ2) is 3.56. The third-order valence-electron chi connectivity index (χ3n) is 1.76. The molecule has 10 heavy (non-hydrogen) atoms. The SMILES string of the molecule is CCC(C)(C)CC(=O)NN. The van der Waals surface area contributed by atoms with Gasteiger partial charge in [-0.05, 0) is 5.41 Å². The van der Waals surface area contributed by atoms with Gasteiger partial charge in [0.05, 0.1) is 0 Å². The molecular formula is C7H16N2O. The fraction of sp³-hybridized carbons (Fsp3) is 0.857. The molecule has 0 aromatic rings. The minimum absolute atomic E-state index is 0.0729. The first kappa shape index (κ1) is 9.43. The number of carbonyl (C=O) groups is 1. The minimum atomic E-state index is -0.0909. The van der Waals surface area contributed by atoms with Crippen LogP contribution in [0.1, 0.15) is 33.6 Å². The standard InChI is InChI=1S/C7H16N2O/c1-4-7(2,3)5-6(10)9-8/h4-5,8H2,1-3H3,(H,9,10). The van der Waals surface area contributed by atoms with Gasteiger partial charge in [-0.1, -0.05) is 27.2 Å². The second-order valence-corrected chi connectivity index (χ2v) is 3.26. The lowest BCUT2D eigenvalue weighted by atomic mass is 9.86. The zero-order valence-electron chi connectivity index (χ0n) is 6.90. The molecule has 3 N–H and O–H groups in total. The van der Waals surface area contributed by atoms with Gasteiger partial charge in [0, 0.05) is 6.42 Å². The molecule has 0 aliphatic rings. The van der Waals surface area contributed by atoms with Gasteiger partial charge in [-0.3, -0.25) is 10.2 Å². The summed E-state index contributed by atoms with van der Waals surface area (Å²) in [5.41, 5.74) is 2.19. The summed E-state index contributed by atoms with van der Waals surface area (Å²) in [4.78, 5) is 10.8. The molecule has 3 heteroatoms. The van der Waals surface area contributed by atoms with E-state index in [1.165, 1.54) is 0 Å². The van der Waals surface area contributed by atoms with Crippen LogP contribution in [0, 0.1) is 5.41 Å². The summed E-state index contributed by atoms with van der Waals surface area (Å²) in [6.45, 7) is 6.15. The van der Waals surface area contributed by atoms with Crippen LogP contribution in [-0.2, 0) is 4.79 Å². The molecule has 60 valence electrons. The predicted octanol–water partition coefficient (Wildman–Crippen LogP) is 0.803. The van der Waals surface area contributed by atoms with E-state index in [1.807, 2.05) is 13.8 Å². The molecule has 0 saturated heterocycles. The highest BCUT2D eigenvalue weighted by Gasteiger charge is 2.18. The Morgan fingerprint density at radius 3 is 2.40 bits per heavy atom. The van der Waals surface area contributed by atoms with E-state index in [1.54, 1.807) is 0 Å². The second-order valence-electron chi connectivity index (χ2n) is 3.26. The van der Waals surface area contributed by atoms with Crippen molar-refractivity contribution < 1.29 is 4.79 Å². The number of carbonyl (C=O) groups excluding carboxylic acids is 1. The van der Waals surface area contributed by atoms with Gasteiger partial charge in [-0.25, -0.2) is 5.84 Å². The normalized spacial score (nSPS) is 11.2. The van der Waals surface area contributed by atoms with Gasteiger partial charge in [-0.15, -0.1) is 0 Å². The summed E-state index contributed by atoms with van der Waals surface area (Å²) in [5, 5.41) is 0. The first-order valence-corrected chi connectivity index (χ1v) is 3.51. The van der Waals surface area contributed by atoms with Gasteiger partial charge >= 0.3 is 0 Å². The molecule has 0 unspecified atom stereocenters. The number of rotatable bonds is 3. The summed E-state index contributed by atoms with van der Waals surface area (Å²) in [6.07, 6.45) is 1.49. The average molecular weight is 144 g/mol. The van der Waals surface area contributed by atoms with E-state index < -0.39 is 0 Å². The molecule has 0 rings (SSSR count). The fourth-order valence-electron chi connectivity index (χ4n) is 0.611. The van der Waals surface area contributed by atoms with Crippen LogP contribution in [0.2, 0.25) is 0 Å². The van der Waals surface area contributed by atoms with Crippen molar-refractivity contribution >= 4 is 5.91 Å². The van der Waals surface area contributed by atoms with Crippen molar-refractivity contribution in [3.8, 4) is 0 Å². The molecule has 0 spiro atoms. The lowest BCUT2D eigenvalue weighted by Crippen LogP contribution is -2.33. The van der Waals surface area contributed by atoms with Gasteiger partial charge in [0.2, 0.25) is 5.91 Å². The van der Waals surface area contributed by atoms with E-state index in [9.17, 15) is 4.79 Å². The highest BCUT2D eigenvalue weighted by molar-refractivity contribution is 5.75. The number of amides is 1. The molecule has 0 aromatic carbocycles. The Labute approximate surface area is 62.0 Å². The van der Waals surface area contributed by atoms with Crippen molar-refractivity contribution in [2.24, 2.45) is 11.3 Å². The van der Waals surface area contributed by atoms with Crippen LogP contribution in [0.4, 0.5) is 0 Å². The number of nitrogens with two attached hydrogens (primary N) is 1. The molecule has 0 heterocycles. The van der Waals surface area contributed by atoms with Crippen LogP contribution >= 0.6 is 0 Å². The van der Waals surface area contributed by atoms with E-state index >= 15 is 0 Å². The smallest absolute Gasteiger partial charge is 0.234 e. The first-order chi connectivity index (χ1) is 4.52. The molecule has 3 nitrogen and oxygen atoms in total. The number of hydrogen-bond donors (Lipinski definition) is 2. The van der Waals surface area contributed by atoms with Gasteiger partial charge in [0.1, 0.15) is 0 Å². The minimum Gasteiger partial charge on any atom is -0.294 e. The van der Waals surface area contributed by atoms with Crippen LogP contribution < -0.4 is 11.3 Å². The van der Waals surface area contributed by atoms with Crippen LogP contribution in [0.25, 0.3) is 0 Å². The summed E-state index contributed by atoms with van der Waals surface area (Å²) in [7, 11) is 0. The number of nitrogens with one attached hydrogen (secondary N) is 1. The van der Waals surface area contributed by atoms with Gasteiger partial charge in [0.15, 0.2) is 0 Å². The lowest BCUT2D eigenvalue weighted by Gasteiger charge is -2.20. The van der Waals surface area contributed by atoms with Crippen molar-refractivity contribution in [3.05, 3.63) is 0 Å². The topological polar surface area (TPSA) is 55.1 Å². The molecule has 0 aliphatic heterocycles. The highest BCUT2D eigenvalue weighted by atomic mass is 16.2. The molecule has 0 aliphatic carbocycles. The summed E-state index contributed by atoms with van der Waals surface area (Å²) < 4.78 is 0.